The van der Waals surface area contributed by atoms with Crippen molar-refractivity contribution in [2.45, 2.75) is 44.7 Å². The first kappa shape index (κ1) is 12.3. The van der Waals surface area contributed by atoms with E-state index in [1.54, 1.807) is 0 Å². The number of aryl methyl sites for hydroxylation is 1. The van der Waals surface area contributed by atoms with Crippen molar-refractivity contribution in [1.29, 1.82) is 0 Å². The van der Waals surface area contributed by atoms with Gasteiger partial charge in [-0.05, 0) is 18.4 Å². The fourth-order valence-electron chi connectivity index (χ4n) is 2.55. The van der Waals surface area contributed by atoms with Crippen molar-refractivity contribution in [3.05, 3.63) is 48.3 Å². The Morgan fingerprint density at radius 2 is 2.16 bits per heavy atom. The molecule has 1 aromatic heterocycles. The molecule has 0 radical (unpaired) electrons. The van der Waals surface area contributed by atoms with E-state index in [1.807, 2.05) is 6.20 Å². The van der Waals surface area contributed by atoms with Gasteiger partial charge in [-0.2, -0.15) is 0 Å². The van der Waals surface area contributed by atoms with Crippen LogP contribution < -0.4 is 5.32 Å². The first-order chi connectivity index (χ1) is 9.38. The molecule has 0 amide bonds. The summed E-state index contributed by atoms with van der Waals surface area (Å²) >= 11 is 0. The Morgan fingerprint density at radius 1 is 1.32 bits per heavy atom. The van der Waals surface area contributed by atoms with Crippen LogP contribution in [0.15, 0.2) is 42.7 Å². The highest BCUT2D eigenvalue weighted by Crippen LogP contribution is 2.42. The second-order valence-electron chi connectivity index (χ2n) is 5.30. The van der Waals surface area contributed by atoms with Gasteiger partial charge in [0.1, 0.15) is 0 Å². The van der Waals surface area contributed by atoms with Gasteiger partial charge in [0.25, 0.3) is 0 Å². The van der Waals surface area contributed by atoms with E-state index in [-0.39, 0.29) is 0 Å². The quantitative estimate of drug-likeness (QED) is 0.854. The van der Waals surface area contributed by atoms with E-state index < -0.39 is 0 Å². The topological polar surface area (TPSA) is 29.9 Å². The molecule has 2 unspecified atom stereocenters. The number of aromatic nitrogens is 2. The minimum atomic E-state index is 0.546. The zero-order valence-corrected chi connectivity index (χ0v) is 11.4. The average Bonchev–Trinajstić information content (AvgIpc) is 3.08. The fraction of sp³-hybridized carbons (Fsp3) is 0.438. The van der Waals surface area contributed by atoms with Crippen molar-refractivity contribution >= 4 is 5.95 Å². The molecule has 0 aliphatic heterocycles. The molecule has 1 heterocycles. The molecule has 100 valence electrons. The van der Waals surface area contributed by atoms with E-state index in [2.05, 4.69) is 58.3 Å². The van der Waals surface area contributed by atoms with Gasteiger partial charge in [-0.15, -0.1) is 0 Å². The maximum absolute atomic E-state index is 4.43. The van der Waals surface area contributed by atoms with Crippen LogP contribution in [0.2, 0.25) is 0 Å². The SMILES string of the molecule is CCCCn1ccnc1NC1CC1c1ccccc1. The predicted octanol–water partition coefficient (Wildman–Crippen LogP) is 3.65. The van der Waals surface area contributed by atoms with Gasteiger partial charge in [0, 0.05) is 30.9 Å². The lowest BCUT2D eigenvalue weighted by molar-refractivity contribution is 0.634. The first-order valence-electron chi connectivity index (χ1n) is 7.21. The Balaban J connectivity index is 1.60. The molecule has 0 bridgehead atoms. The second-order valence-corrected chi connectivity index (χ2v) is 5.30. The zero-order valence-electron chi connectivity index (χ0n) is 11.4. The van der Waals surface area contributed by atoms with Crippen molar-refractivity contribution in [3.8, 4) is 0 Å². The van der Waals surface area contributed by atoms with Gasteiger partial charge >= 0.3 is 0 Å². The van der Waals surface area contributed by atoms with Gasteiger partial charge < -0.3 is 9.88 Å². The number of rotatable bonds is 6. The summed E-state index contributed by atoms with van der Waals surface area (Å²) in [4.78, 5) is 4.43. The average molecular weight is 255 g/mol. The number of nitrogens with one attached hydrogen (secondary N) is 1. The van der Waals surface area contributed by atoms with Crippen LogP contribution in [-0.2, 0) is 6.54 Å². The molecule has 3 nitrogen and oxygen atoms in total. The molecule has 0 saturated heterocycles. The summed E-state index contributed by atoms with van der Waals surface area (Å²) in [6.45, 7) is 3.28. The molecule has 2 atom stereocenters. The number of imidazole rings is 1. The first-order valence-corrected chi connectivity index (χ1v) is 7.21. The lowest BCUT2D eigenvalue weighted by atomic mass is 10.1. The molecule has 0 spiro atoms. The van der Waals surface area contributed by atoms with E-state index >= 15 is 0 Å². The summed E-state index contributed by atoms with van der Waals surface area (Å²) in [6, 6.07) is 11.3. The number of hydrogen-bond donors (Lipinski definition) is 1. The van der Waals surface area contributed by atoms with Crippen LogP contribution in [-0.4, -0.2) is 15.6 Å². The van der Waals surface area contributed by atoms with Gasteiger partial charge in [0.2, 0.25) is 5.95 Å². The van der Waals surface area contributed by atoms with Crippen LogP contribution in [0.25, 0.3) is 0 Å². The van der Waals surface area contributed by atoms with Crippen molar-refractivity contribution < 1.29 is 0 Å². The van der Waals surface area contributed by atoms with E-state index in [0.29, 0.717) is 12.0 Å². The van der Waals surface area contributed by atoms with Gasteiger partial charge in [0.15, 0.2) is 0 Å². The van der Waals surface area contributed by atoms with E-state index in [0.717, 1.165) is 12.5 Å². The molecular formula is C16H21N3. The standard InChI is InChI=1S/C16H21N3/c1-2-3-10-19-11-9-17-16(19)18-15-12-14(15)13-7-5-4-6-8-13/h4-9,11,14-15H,2-3,10,12H2,1H3,(H,17,18). The monoisotopic (exact) mass is 255 g/mol. The summed E-state index contributed by atoms with van der Waals surface area (Å²) < 4.78 is 2.23. The van der Waals surface area contributed by atoms with Crippen molar-refractivity contribution in [1.82, 2.24) is 9.55 Å². The molecule has 19 heavy (non-hydrogen) atoms. The maximum Gasteiger partial charge on any atom is 0.203 e. The number of nitrogens with zero attached hydrogens (tertiary/aromatic N) is 2. The number of benzene rings is 1. The highest BCUT2D eigenvalue weighted by atomic mass is 15.2. The van der Waals surface area contributed by atoms with Crippen LogP contribution in [0, 0.1) is 0 Å². The Bertz CT molecular complexity index is 518. The van der Waals surface area contributed by atoms with Crippen molar-refractivity contribution in [3.63, 3.8) is 0 Å². The van der Waals surface area contributed by atoms with Crippen LogP contribution >= 0.6 is 0 Å². The smallest absolute Gasteiger partial charge is 0.203 e. The normalized spacial score (nSPS) is 21.3. The third kappa shape index (κ3) is 2.80. The Kier molecular flexibility index (Phi) is 3.53. The lowest BCUT2D eigenvalue weighted by Crippen LogP contribution is -2.10. The molecule has 1 aromatic carbocycles. The van der Waals surface area contributed by atoms with Crippen LogP contribution in [0.3, 0.4) is 0 Å². The number of unbranched alkanes of at least 4 members (excludes halogenated alkanes) is 1. The fourth-order valence-corrected chi connectivity index (χ4v) is 2.55. The molecule has 1 saturated carbocycles. The van der Waals surface area contributed by atoms with Gasteiger partial charge in [0.05, 0.1) is 0 Å². The van der Waals surface area contributed by atoms with E-state index in [4.69, 9.17) is 0 Å². The Morgan fingerprint density at radius 3 is 2.95 bits per heavy atom. The summed E-state index contributed by atoms with van der Waals surface area (Å²) in [5.41, 5.74) is 1.44. The van der Waals surface area contributed by atoms with Crippen LogP contribution in [0.5, 0.6) is 0 Å². The van der Waals surface area contributed by atoms with Crippen LogP contribution in [0.1, 0.15) is 37.7 Å². The molecule has 1 N–H and O–H groups in total. The van der Waals surface area contributed by atoms with Crippen LogP contribution in [0.4, 0.5) is 5.95 Å². The number of anilines is 1. The van der Waals surface area contributed by atoms with E-state index in [9.17, 15) is 0 Å². The molecule has 2 aromatic rings. The minimum absolute atomic E-state index is 0.546. The molecule has 3 rings (SSSR count). The lowest BCUT2D eigenvalue weighted by Gasteiger charge is -2.09. The van der Waals surface area contributed by atoms with Gasteiger partial charge in [-0.3, -0.25) is 0 Å². The zero-order chi connectivity index (χ0) is 13.1. The third-order valence-electron chi connectivity index (χ3n) is 3.80. The molecule has 1 fully saturated rings. The Labute approximate surface area is 114 Å². The minimum Gasteiger partial charge on any atom is -0.352 e. The Hall–Kier alpha value is -1.77. The van der Waals surface area contributed by atoms with E-state index in [1.165, 1.54) is 24.8 Å². The molecule has 3 heteroatoms. The largest absolute Gasteiger partial charge is 0.352 e. The molecule has 1 aliphatic carbocycles. The maximum atomic E-state index is 4.43. The summed E-state index contributed by atoms with van der Waals surface area (Å²) in [7, 11) is 0. The molecule has 1 aliphatic rings. The summed E-state index contributed by atoms with van der Waals surface area (Å²) in [5.74, 6) is 1.68. The van der Waals surface area contributed by atoms with Crippen molar-refractivity contribution in [2.24, 2.45) is 0 Å². The number of hydrogen-bond acceptors (Lipinski definition) is 2. The van der Waals surface area contributed by atoms with Crippen molar-refractivity contribution in [2.75, 3.05) is 5.32 Å². The van der Waals surface area contributed by atoms with Gasteiger partial charge in [-0.25, -0.2) is 4.98 Å². The second kappa shape index (κ2) is 5.47. The highest BCUT2D eigenvalue weighted by molar-refractivity contribution is 5.37. The third-order valence-corrected chi connectivity index (χ3v) is 3.80. The predicted molar refractivity (Wildman–Crippen MR) is 78.3 cm³/mol. The highest BCUT2D eigenvalue weighted by Gasteiger charge is 2.38. The molecular weight excluding hydrogens is 234 g/mol. The van der Waals surface area contributed by atoms with Gasteiger partial charge in [-0.1, -0.05) is 43.7 Å². The summed E-state index contributed by atoms with van der Waals surface area (Å²) in [5, 5.41) is 3.57. The summed E-state index contributed by atoms with van der Waals surface area (Å²) in [6.07, 6.45) is 7.59.